The summed E-state index contributed by atoms with van der Waals surface area (Å²) in [5, 5.41) is 0. The normalized spacial score (nSPS) is 22.5. The minimum absolute atomic E-state index is 0.00642. The second-order valence-corrected chi connectivity index (χ2v) is 8.67. The Bertz CT molecular complexity index is 733. The summed E-state index contributed by atoms with van der Waals surface area (Å²) in [6.45, 7) is 0. The van der Waals surface area contributed by atoms with E-state index in [-0.39, 0.29) is 11.8 Å². The molecule has 0 amide bonds. The molecule has 1 aliphatic heterocycles. The molecule has 1 fully saturated rings. The van der Waals surface area contributed by atoms with E-state index in [0.29, 0.717) is 17.7 Å². The number of benzene rings is 2. The second-order valence-electron chi connectivity index (χ2n) is 5.85. The Morgan fingerprint density at radius 2 is 1.76 bits per heavy atom. The lowest BCUT2D eigenvalue weighted by Crippen LogP contribution is -2.41. The molecule has 2 aromatic rings. The maximum Gasteiger partial charge on any atom is 0.311 e. The minimum atomic E-state index is -0.829. The Kier molecular flexibility index (Phi) is 5.86. The van der Waals surface area contributed by atoms with Gasteiger partial charge in [-0.1, -0.05) is 60.7 Å². The van der Waals surface area contributed by atoms with Crippen LogP contribution in [-0.2, 0) is 15.3 Å². The van der Waals surface area contributed by atoms with Gasteiger partial charge in [0.2, 0.25) is 0 Å². The fraction of sp³-hybridized carbons (Fsp3) is 0.300. The van der Waals surface area contributed by atoms with Crippen molar-refractivity contribution in [2.24, 2.45) is 5.92 Å². The van der Waals surface area contributed by atoms with Crippen molar-refractivity contribution in [3.63, 3.8) is 0 Å². The number of methoxy groups -OCH3 is 1. The third kappa shape index (κ3) is 3.77. The van der Waals surface area contributed by atoms with Gasteiger partial charge in [-0.2, -0.15) is 0 Å². The van der Waals surface area contributed by atoms with E-state index in [4.69, 9.17) is 4.74 Å². The van der Waals surface area contributed by atoms with Gasteiger partial charge in [0.15, 0.2) is 5.78 Å². The lowest BCUT2D eigenvalue weighted by molar-refractivity contribution is -0.145. The fourth-order valence-electron chi connectivity index (χ4n) is 3.02. The van der Waals surface area contributed by atoms with Crippen LogP contribution in [0.3, 0.4) is 0 Å². The molecule has 3 rings (SSSR count). The molecule has 0 radical (unpaired) electrons. The number of carbonyl (C=O) groups is 2. The van der Waals surface area contributed by atoms with Gasteiger partial charge in [0, 0.05) is 11.3 Å². The van der Waals surface area contributed by atoms with Gasteiger partial charge in [0.25, 0.3) is 0 Å². The van der Waals surface area contributed by atoms with E-state index in [1.807, 2.05) is 60.7 Å². The van der Waals surface area contributed by atoms with Gasteiger partial charge in [-0.05, 0) is 17.7 Å². The Balaban J connectivity index is 1.93. The molecule has 1 aliphatic rings. The third-order valence-electron chi connectivity index (χ3n) is 4.32. The second kappa shape index (κ2) is 8.11. The molecule has 25 heavy (non-hydrogen) atoms. The predicted molar refractivity (Wildman–Crippen MR) is 104 cm³/mol. The Labute approximate surface area is 156 Å². The third-order valence-corrected chi connectivity index (χ3v) is 7.74. The first-order chi connectivity index (χ1) is 12.2. The number of thioether (sulfide) groups is 2. The highest BCUT2D eigenvalue weighted by molar-refractivity contribution is 8.19. The first kappa shape index (κ1) is 18.1. The van der Waals surface area contributed by atoms with Gasteiger partial charge >= 0.3 is 5.97 Å². The number of hydrogen-bond acceptors (Lipinski definition) is 5. The van der Waals surface area contributed by atoms with Crippen molar-refractivity contribution in [1.29, 1.82) is 0 Å². The Morgan fingerprint density at radius 3 is 2.40 bits per heavy atom. The molecule has 1 saturated heterocycles. The van der Waals surface area contributed by atoms with Crippen LogP contribution in [0.1, 0.15) is 22.3 Å². The fourth-order valence-corrected chi connectivity index (χ4v) is 6.34. The molecule has 0 spiro atoms. The molecule has 2 atom stereocenters. The van der Waals surface area contributed by atoms with Gasteiger partial charge in [-0.25, -0.2) is 0 Å². The zero-order valence-corrected chi connectivity index (χ0v) is 15.6. The molecular formula is C20H20O3S2. The Hall–Kier alpha value is -1.72. The van der Waals surface area contributed by atoms with Crippen LogP contribution in [0.15, 0.2) is 60.7 Å². The minimum Gasteiger partial charge on any atom is -0.469 e. The van der Waals surface area contributed by atoms with Crippen LogP contribution < -0.4 is 0 Å². The first-order valence-corrected chi connectivity index (χ1v) is 10.1. The quantitative estimate of drug-likeness (QED) is 0.554. The number of esters is 1. The van der Waals surface area contributed by atoms with Crippen LogP contribution in [0, 0.1) is 5.92 Å². The molecule has 1 heterocycles. The molecule has 2 aromatic carbocycles. The maximum atomic E-state index is 13.4. The van der Waals surface area contributed by atoms with E-state index in [0.717, 1.165) is 11.3 Å². The highest BCUT2D eigenvalue weighted by atomic mass is 32.2. The summed E-state index contributed by atoms with van der Waals surface area (Å²) in [5.41, 5.74) is 1.79. The highest BCUT2D eigenvalue weighted by Gasteiger charge is 2.54. The molecule has 0 saturated carbocycles. The summed E-state index contributed by atoms with van der Waals surface area (Å²) >= 11 is 3.13. The summed E-state index contributed by atoms with van der Waals surface area (Å²) in [6, 6.07) is 19.3. The highest BCUT2D eigenvalue weighted by Crippen LogP contribution is 2.54. The number of ketones is 1. The van der Waals surface area contributed by atoms with Gasteiger partial charge < -0.3 is 4.74 Å². The van der Waals surface area contributed by atoms with E-state index in [9.17, 15) is 9.59 Å². The summed E-state index contributed by atoms with van der Waals surface area (Å²) in [7, 11) is 1.39. The molecule has 2 unspecified atom stereocenters. The van der Waals surface area contributed by atoms with Crippen molar-refractivity contribution in [2.45, 2.75) is 16.3 Å². The molecule has 0 N–H and O–H groups in total. The Morgan fingerprint density at radius 1 is 1.12 bits per heavy atom. The zero-order valence-electron chi connectivity index (χ0n) is 14.0. The smallest absolute Gasteiger partial charge is 0.311 e. The van der Waals surface area contributed by atoms with Gasteiger partial charge in [-0.3, -0.25) is 9.59 Å². The summed E-state index contributed by atoms with van der Waals surface area (Å²) in [4.78, 5) is 25.7. The topological polar surface area (TPSA) is 43.4 Å². The molecular weight excluding hydrogens is 352 g/mol. The first-order valence-electron chi connectivity index (χ1n) is 8.17. The van der Waals surface area contributed by atoms with E-state index >= 15 is 0 Å². The molecule has 5 heteroatoms. The number of hydrogen-bond donors (Lipinski definition) is 0. The van der Waals surface area contributed by atoms with Gasteiger partial charge in [-0.15, -0.1) is 23.5 Å². The average molecular weight is 373 g/mol. The summed E-state index contributed by atoms with van der Waals surface area (Å²) in [5.74, 6) is 0.741. The number of rotatable bonds is 6. The molecule has 0 bridgehead atoms. The van der Waals surface area contributed by atoms with Crippen molar-refractivity contribution in [3.8, 4) is 0 Å². The van der Waals surface area contributed by atoms with Crippen LogP contribution in [0.4, 0.5) is 0 Å². The number of carbonyl (C=O) groups excluding carboxylic acids is 2. The lowest BCUT2D eigenvalue weighted by Gasteiger charge is -2.31. The maximum absolute atomic E-state index is 13.4. The van der Waals surface area contributed by atoms with E-state index < -0.39 is 10.00 Å². The van der Waals surface area contributed by atoms with Crippen LogP contribution in [-0.4, -0.2) is 28.7 Å². The molecule has 0 aromatic heterocycles. The number of Topliss-reactive ketones (excluding diaryl/α,β-unsaturated/α-hetero) is 1. The largest absolute Gasteiger partial charge is 0.469 e. The van der Waals surface area contributed by atoms with Crippen LogP contribution in [0.2, 0.25) is 0 Å². The van der Waals surface area contributed by atoms with Crippen molar-refractivity contribution in [3.05, 3.63) is 71.8 Å². The van der Waals surface area contributed by atoms with E-state index in [1.165, 1.54) is 7.11 Å². The number of ether oxygens (including phenoxy) is 1. The van der Waals surface area contributed by atoms with E-state index in [2.05, 4.69) is 0 Å². The standard InChI is InChI=1S/C20H20O3S2/c1-23-19(22)17-12-13-24-20(17,18(21)16-10-6-3-7-11-16)25-14-15-8-4-2-5-9-15/h2-11,17H,12-14H2,1H3. The summed E-state index contributed by atoms with van der Waals surface area (Å²) < 4.78 is 4.18. The van der Waals surface area contributed by atoms with Crippen LogP contribution in [0.5, 0.6) is 0 Å². The van der Waals surface area contributed by atoms with Crippen LogP contribution >= 0.6 is 23.5 Å². The lowest BCUT2D eigenvalue weighted by atomic mass is 9.95. The molecule has 0 aliphatic carbocycles. The predicted octanol–water partition coefficient (Wildman–Crippen LogP) is 4.43. The molecule has 3 nitrogen and oxygen atoms in total. The monoisotopic (exact) mass is 372 g/mol. The van der Waals surface area contributed by atoms with Crippen molar-refractivity contribution in [1.82, 2.24) is 0 Å². The van der Waals surface area contributed by atoms with Gasteiger partial charge in [0.05, 0.1) is 13.0 Å². The zero-order chi connectivity index (χ0) is 17.7. The SMILES string of the molecule is COC(=O)C1CCSC1(SCc1ccccc1)C(=O)c1ccccc1. The summed E-state index contributed by atoms with van der Waals surface area (Å²) in [6.07, 6.45) is 0.664. The van der Waals surface area contributed by atoms with Gasteiger partial charge in [0.1, 0.15) is 4.08 Å². The van der Waals surface area contributed by atoms with Crippen LogP contribution in [0.25, 0.3) is 0 Å². The van der Waals surface area contributed by atoms with E-state index in [1.54, 1.807) is 23.5 Å². The average Bonchev–Trinajstić information content (AvgIpc) is 3.12. The molecule has 130 valence electrons. The van der Waals surface area contributed by atoms with Crippen molar-refractivity contribution in [2.75, 3.05) is 12.9 Å². The van der Waals surface area contributed by atoms with Crippen molar-refractivity contribution < 1.29 is 14.3 Å². The van der Waals surface area contributed by atoms with Crippen molar-refractivity contribution >= 4 is 35.3 Å².